The van der Waals surface area contributed by atoms with Gasteiger partial charge in [-0.25, -0.2) is 9.97 Å². The van der Waals surface area contributed by atoms with Crippen LogP contribution in [0.2, 0.25) is 5.15 Å². The van der Waals surface area contributed by atoms with E-state index in [0.29, 0.717) is 63.8 Å². The number of nitrogens with zero attached hydrogens (tertiary/aromatic N) is 4. The number of amides is 2. The maximum atomic E-state index is 11.9. The van der Waals surface area contributed by atoms with Gasteiger partial charge in [-0.15, -0.1) is 0 Å². The number of carbonyl (C=O) groups is 2. The van der Waals surface area contributed by atoms with Crippen molar-refractivity contribution in [3.63, 3.8) is 0 Å². The van der Waals surface area contributed by atoms with Crippen LogP contribution in [-0.4, -0.2) is 86.3 Å². The minimum atomic E-state index is -0.506. The average Bonchev–Trinajstić information content (AvgIpc) is 3.76. The normalized spacial score (nSPS) is 11.3. The molecule has 0 saturated carbocycles. The number of hydrogen-bond acceptors (Lipinski definition) is 12. The molecule has 6 rings (SSSR count). The molecule has 0 radical (unpaired) electrons. The number of halogens is 1. The molecule has 0 aliphatic carbocycles. The minimum Gasteiger partial charge on any atom is -0.392 e. The SMILES string of the molecule is C.CC(C)(C)c1cc(O)c(C(N)=O)[se]1.CC(C)(C)c1cc(Oc2ncnc3cc(CO)c(CO)cc23)c(C(N)=O)[se]1.OCc1cc2ncnc(Cl)c2cc1CO. The largest absolute Gasteiger partial charge is 0.392 e. The van der Waals surface area contributed by atoms with Gasteiger partial charge in [0.2, 0.25) is 0 Å². The first-order valence-electron chi connectivity index (χ1n) is 16.7. The molecule has 0 saturated heterocycles. The van der Waals surface area contributed by atoms with Gasteiger partial charge in [-0.3, -0.25) is 0 Å². The van der Waals surface area contributed by atoms with Crippen molar-refractivity contribution in [2.24, 2.45) is 11.5 Å². The standard InChI is InChI=1S/C19H21N3O4Se.C10H9ClN2O2.C9H13NO2Se.CH4/c1-19(2,3)15-6-14(16(27-15)17(20)25)26-18-12-4-10(7-23)11(8-24)5-13(12)21-9-22-18;11-10-8-1-6(3-14)7(4-15)2-9(8)12-5-13-10;1-9(2,3)6-4-5(11)7(13-6)8(10)12;/h4-6,9,23-24H,7-8H2,1-3H3,(H2,20,25);1-2,5,14-15H,3-4H2;4,11H,1-3H3,(H2,10,12);1H4. The first kappa shape index (κ1) is 46.2. The van der Waals surface area contributed by atoms with Crippen LogP contribution >= 0.6 is 11.6 Å². The van der Waals surface area contributed by atoms with Gasteiger partial charge in [0, 0.05) is 5.39 Å². The van der Waals surface area contributed by atoms with Crippen LogP contribution in [0.15, 0.2) is 49.1 Å². The van der Waals surface area contributed by atoms with E-state index in [1.807, 2.05) is 6.07 Å². The van der Waals surface area contributed by atoms with Gasteiger partial charge in [-0.2, -0.15) is 0 Å². The number of aromatic hydroxyl groups is 1. The predicted molar refractivity (Wildman–Crippen MR) is 217 cm³/mol. The summed E-state index contributed by atoms with van der Waals surface area (Å²) in [5.41, 5.74) is 14.3. The van der Waals surface area contributed by atoms with Crippen LogP contribution in [0.3, 0.4) is 0 Å². The first-order chi connectivity index (χ1) is 25.8. The maximum Gasteiger partial charge on any atom is 0.140 e. The summed E-state index contributed by atoms with van der Waals surface area (Å²) >= 11 is 5.58. The summed E-state index contributed by atoms with van der Waals surface area (Å²) in [6.07, 6.45) is 2.72. The summed E-state index contributed by atoms with van der Waals surface area (Å²) in [6.45, 7) is 11.7. The number of carbonyl (C=O) groups excluding carboxylic acids is 2. The van der Waals surface area contributed by atoms with Gasteiger partial charge >= 0.3 is 245 Å². The minimum absolute atomic E-state index is 0. The Labute approximate surface area is 341 Å². The molecule has 4 aromatic heterocycles. The van der Waals surface area contributed by atoms with E-state index < -0.39 is 11.8 Å². The van der Waals surface area contributed by atoms with Crippen molar-refractivity contribution in [3.05, 3.63) is 94.2 Å². The van der Waals surface area contributed by atoms with Crippen LogP contribution in [0.25, 0.3) is 21.8 Å². The Morgan fingerprint density at radius 1 is 0.661 bits per heavy atom. The van der Waals surface area contributed by atoms with Crippen molar-refractivity contribution >= 4 is 74.2 Å². The number of ether oxygens (including phenoxy) is 1. The second kappa shape index (κ2) is 19.3. The molecular formula is C39H47ClN6O8Se2. The van der Waals surface area contributed by atoms with E-state index in [0.717, 1.165) is 8.87 Å². The third-order valence-electron chi connectivity index (χ3n) is 8.05. The molecule has 17 heteroatoms. The molecule has 6 aromatic rings. The molecule has 300 valence electrons. The number of aromatic nitrogens is 4. The first-order valence-corrected chi connectivity index (χ1v) is 20.5. The number of hydrogen-bond donors (Lipinski definition) is 7. The van der Waals surface area contributed by atoms with Gasteiger partial charge in [-0.1, -0.05) is 19.0 Å². The van der Waals surface area contributed by atoms with Crippen molar-refractivity contribution < 1.29 is 39.9 Å². The van der Waals surface area contributed by atoms with E-state index in [2.05, 4.69) is 61.5 Å². The van der Waals surface area contributed by atoms with E-state index in [9.17, 15) is 24.9 Å². The average molecular weight is 921 g/mol. The second-order valence-electron chi connectivity index (χ2n) is 14.2. The Balaban J connectivity index is 0.000000245. The van der Waals surface area contributed by atoms with Gasteiger partial charge in [-0.05, 0) is 23.3 Å². The van der Waals surface area contributed by atoms with Crippen molar-refractivity contribution in [3.8, 4) is 17.4 Å². The fourth-order valence-corrected chi connectivity index (χ4v) is 9.32. The number of nitrogens with two attached hydrogens (primary N) is 2. The quantitative estimate of drug-likeness (QED) is 0.0818. The summed E-state index contributed by atoms with van der Waals surface area (Å²) in [5, 5.41) is 48.2. The van der Waals surface area contributed by atoms with Crippen LogP contribution < -0.4 is 16.2 Å². The van der Waals surface area contributed by atoms with Crippen LogP contribution in [-0.2, 0) is 37.3 Å². The summed E-state index contributed by atoms with van der Waals surface area (Å²) in [5.74, 6) is -0.276. The van der Waals surface area contributed by atoms with Gasteiger partial charge in [0.1, 0.15) is 11.5 Å². The summed E-state index contributed by atoms with van der Waals surface area (Å²) in [7, 11) is 0. The van der Waals surface area contributed by atoms with Crippen molar-refractivity contribution in [1.29, 1.82) is 0 Å². The summed E-state index contributed by atoms with van der Waals surface area (Å²) in [6, 6.07) is 10.3. The zero-order valence-electron chi connectivity index (χ0n) is 31.0. The van der Waals surface area contributed by atoms with E-state index in [-0.39, 0.29) is 85.3 Å². The molecule has 0 aliphatic heterocycles. The monoisotopic (exact) mass is 922 g/mol. The molecule has 0 atom stereocenters. The Bertz CT molecular complexity index is 2330. The molecule has 2 aromatic carbocycles. The predicted octanol–water partition coefficient (Wildman–Crippen LogP) is 4.61. The topological polar surface area (TPSA) is 248 Å². The summed E-state index contributed by atoms with van der Waals surface area (Å²) in [4.78, 5) is 39.1. The smallest absolute Gasteiger partial charge is 0.140 e. The van der Waals surface area contributed by atoms with E-state index >= 15 is 0 Å². The number of benzene rings is 2. The number of rotatable bonds is 8. The Morgan fingerprint density at radius 2 is 1.09 bits per heavy atom. The molecule has 0 bridgehead atoms. The molecule has 0 spiro atoms. The number of aliphatic hydroxyl groups is 4. The van der Waals surface area contributed by atoms with E-state index in [1.165, 1.54) is 12.7 Å². The fourth-order valence-electron chi connectivity index (χ4n) is 5.02. The molecule has 2 amide bonds. The zero-order valence-corrected chi connectivity index (χ0v) is 35.2. The van der Waals surface area contributed by atoms with Crippen LogP contribution in [0.4, 0.5) is 0 Å². The molecule has 0 fully saturated rings. The third kappa shape index (κ3) is 11.0. The summed E-state index contributed by atoms with van der Waals surface area (Å²) < 4.78 is 9.05. The number of fused-ring (bicyclic) bond motifs is 2. The molecular weight excluding hydrogens is 874 g/mol. The Hall–Kier alpha value is -4.21. The van der Waals surface area contributed by atoms with Crippen molar-refractivity contribution in [2.75, 3.05) is 0 Å². The molecule has 9 N–H and O–H groups in total. The number of primary amides is 2. The van der Waals surface area contributed by atoms with Gasteiger partial charge in [0.25, 0.3) is 0 Å². The fraction of sp³-hybridized carbons (Fsp3) is 0.333. The maximum absolute atomic E-state index is 11.9. The molecule has 0 aliphatic rings. The van der Waals surface area contributed by atoms with Gasteiger partial charge < -0.3 is 10.2 Å². The van der Waals surface area contributed by atoms with Crippen LogP contribution in [0, 0.1) is 0 Å². The van der Waals surface area contributed by atoms with Gasteiger partial charge in [0.05, 0.1) is 18.7 Å². The Kier molecular flexibility index (Phi) is 15.9. The van der Waals surface area contributed by atoms with Crippen molar-refractivity contribution in [2.45, 2.75) is 86.2 Å². The van der Waals surface area contributed by atoms with E-state index in [1.54, 1.807) is 30.3 Å². The Morgan fingerprint density at radius 3 is 1.54 bits per heavy atom. The van der Waals surface area contributed by atoms with Crippen molar-refractivity contribution in [1.82, 2.24) is 19.9 Å². The molecule has 56 heavy (non-hydrogen) atoms. The van der Waals surface area contributed by atoms with Crippen LogP contribution in [0.1, 0.15) is 98.6 Å². The van der Waals surface area contributed by atoms with Crippen LogP contribution in [0.5, 0.6) is 17.4 Å². The third-order valence-corrected chi connectivity index (χ3v) is 14.9. The molecule has 0 unspecified atom stereocenters. The molecule has 14 nitrogen and oxygen atoms in total. The van der Waals surface area contributed by atoms with E-state index in [4.69, 9.17) is 38.0 Å². The zero-order chi connectivity index (χ0) is 40.8. The number of aliphatic hydroxyl groups excluding tert-OH is 4. The molecule has 4 heterocycles. The van der Waals surface area contributed by atoms with Gasteiger partial charge in [0.15, 0.2) is 0 Å². The second-order valence-corrected chi connectivity index (χ2v) is 19.0.